The molecule has 2 heterocycles. The Hall–Kier alpha value is -2.33. The van der Waals surface area contributed by atoms with Crippen LogP contribution in [0.1, 0.15) is 48.7 Å². The monoisotopic (exact) mass is 335 g/mol. The van der Waals surface area contributed by atoms with Crippen molar-refractivity contribution in [3.05, 3.63) is 59.4 Å². The molecule has 0 spiro atoms. The number of hydrogen-bond donors (Lipinski definition) is 2. The SMILES string of the molecule is CCC[C@H]1c2ccc3c(nc(C)n3C)c2N[C@H](c2ccccc2)[C@H]1O. The second-order valence-electron chi connectivity index (χ2n) is 7.03. The Balaban J connectivity index is 1.90. The Morgan fingerprint density at radius 3 is 2.64 bits per heavy atom. The maximum Gasteiger partial charge on any atom is 0.112 e. The van der Waals surface area contributed by atoms with Crippen molar-refractivity contribution < 1.29 is 5.11 Å². The van der Waals surface area contributed by atoms with Crippen LogP contribution in [0, 0.1) is 6.92 Å². The molecule has 2 aromatic carbocycles. The minimum absolute atomic E-state index is 0.113. The van der Waals surface area contributed by atoms with Crippen LogP contribution in [-0.2, 0) is 7.05 Å². The van der Waals surface area contributed by atoms with E-state index < -0.39 is 6.10 Å². The number of fused-ring (bicyclic) bond motifs is 3. The van der Waals surface area contributed by atoms with Crippen LogP contribution in [0.4, 0.5) is 5.69 Å². The van der Waals surface area contributed by atoms with Crippen LogP contribution in [0.15, 0.2) is 42.5 Å². The number of benzene rings is 2. The number of aromatic nitrogens is 2. The van der Waals surface area contributed by atoms with Crippen molar-refractivity contribution in [2.45, 2.75) is 44.8 Å². The van der Waals surface area contributed by atoms with Crippen LogP contribution in [0.2, 0.25) is 0 Å². The standard InChI is InChI=1S/C21H25N3O/c1-4-8-16-15-11-12-17-20(22-13(2)24(17)3)19(15)23-18(21(16)25)14-9-6-5-7-10-14/h5-7,9-12,16,18,21,23,25H,4,8H2,1-3H3/t16-,18+,21-/m0/s1. The van der Waals surface area contributed by atoms with Gasteiger partial charge in [0.25, 0.3) is 0 Å². The van der Waals surface area contributed by atoms with Gasteiger partial charge in [0.2, 0.25) is 0 Å². The normalized spacial score (nSPS) is 22.6. The number of hydrogen-bond acceptors (Lipinski definition) is 3. The van der Waals surface area contributed by atoms with Crippen LogP contribution < -0.4 is 5.32 Å². The maximum absolute atomic E-state index is 11.1. The lowest BCUT2D eigenvalue weighted by Gasteiger charge is -2.38. The zero-order valence-electron chi connectivity index (χ0n) is 15.0. The fourth-order valence-corrected chi connectivity index (χ4v) is 4.09. The summed E-state index contributed by atoms with van der Waals surface area (Å²) in [4.78, 5) is 4.79. The van der Waals surface area contributed by atoms with Gasteiger partial charge in [-0.3, -0.25) is 0 Å². The van der Waals surface area contributed by atoms with Crippen molar-refractivity contribution in [1.82, 2.24) is 9.55 Å². The molecule has 4 heteroatoms. The molecule has 0 saturated carbocycles. The van der Waals surface area contributed by atoms with Gasteiger partial charge in [-0.2, -0.15) is 0 Å². The van der Waals surface area contributed by atoms with E-state index in [0.29, 0.717) is 0 Å². The van der Waals surface area contributed by atoms with E-state index >= 15 is 0 Å². The maximum atomic E-state index is 11.1. The fraction of sp³-hybridized carbons (Fsp3) is 0.381. The summed E-state index contributed by atoms with van der Waals surface area (Å²) in [5, 5.41) is 14.7. The average molecular weight is 335 g/mol. The van der Waals surface area contributed by atoms with E-state index in [2.05, 4.69) is 41.1 Å². The first-order chi connectivity index (χ1) is 12.1. The van der Waals surface area contributed by atoms with E-state index in [0.717, 1.165) is 41.0 Å². The number of anilines is 1. The third kappa shape index (κ3) is 2.52. The zero-order chi connectivity index (χ0) is 17.6. The molecule has 0 saturated heterocycles. The molecule has 3 atom stereocenters. The van der Waals surface area contributed by atoms with Gasteiger partial charge < -0.3 is 15.0 Å². The highest BCUT2D eigenvalue weighted by molar-refractivity contribution is 5.92. The third-order valence-electron chi connectivity index (χ3n) is 5.52. The molecule has 4 rings (SSSR count). The number of aliphatic hydroxyl groups excluding tert-OH is 1. The Bertz CT molecular complexity index is 900. The molecule has 130 valence electrons. The van der Waals surface area contributed by atoms with Gasteiger partial charge in [0.05, 0.1) is 23.3 Å². The lowest BCUT2D eigenvalue weighted by molar-refractivity contribution is 0.112. The van der Waals surface area contributed by atoms with E-state index in [1.165, 1.54) is 5.56 Å². The first-order valence-corrected chi connectivity index (χ1v) is 9.07. The number of nitrogens with one attached hydrogen (secondary N) is 1. The van der Waals surface area contributed by atoms with Crippen molar-refractivity contribution in [2.75, 3.05) is 5.32 Å². The summed E-state index contributed by atoms with van der Waals surface area (Å²) in [5.41, 5.74) is 5.52. The second kappa shape index (κ2) is 6.19. The summed E-state index contributed by atoms with van der Waals surface area (Å²) in [5.74, 6) is 1.12. The molecule has 1 aliphatic rings. The van der Waals surface area contributed by atoms with E-state index in [1.807, 2.05) is 32.2 Å². The Labute approximate surface area is 148 Å². The lowest BCUT2D eigenvalue weighted by Crippen LogP contribution is -2.36. The average Bonchev–Trinajstić information content (AvgIpc) is 2.92. The Morgan fingerprint density at radius 1 is 1.16 bits per heavy atom. The lowest BCUT2D eigenvalue weighted by atomic mass is 9.79. The largest absolute Gasteiger partial charge is 0.390 e. The third-order valence-corrected chi connectivity index (χ3v) is 5.52. The van der Waals surface area contributed by atoms with Gasteiger partial charge in [0.15, 0.2) is 0 Å². The van der Waals surface area contributed by atoms with Gasteiger partial charge in [0.1, 0.15) is 11.3 Å². The number of aliphatic hydroxyl groups is 1. The van der Waals surface area contributed by atoms with Gasteiger partial charge in [-0.15, -0.1) is 0 Å². The smallest absolute Gasteiger partial charge is 0.112 e. The molecule has 0 amide bonds. The van der Waals surface area contributed by atoms with Crippen molar-refractivity contribution in [1.29, 1.82) is 0 Å². The number of imidazole rings is 1. The minimum atomic E-state index is -0.447. The highest BCUT2D eigenvalue weighted by atomic mass is 16.3. The van der Waals surface area contributed by atoms with Crippen molar-refractivity contribution in [3.8, 4) is 0 Å². The van der Waals surface area contributed by atoms with E-state index in [-0.39, 0.29) is 12.0 Å². The predicted molar refractivity (Wildman–Crippen MR) is 102 cm³/mol. The molecule has 0 bridgehead atoms. The summed E-state index contributed by atoms with van der Waals surface area (Å²) >= 11 is 0. The first-order valence-electron chi connectivity index (χ1n) is 9.07. The van der Waals surface area contributed by atoms with Gasteiger partial charge >= 0.3 is 0 Å². The number of rotatable bonds is 3. The molecule has 2 N–H and O–H groups in total. The van der Waals surface area contributed by atoms with E-state index in [1.54, 1.807) is 0 Å². The molecule has 1 aromatic heterocycles. The van der Waals surface area contributed by atoms with Gasteiger partial charge in [0, 0.05) is 13.0 Å². The summed E-state index contributed by atoms with van der Waals surface area (Å²) in [7, 11) is 2.05. The fourth-order valence-electron chi connectivity index (χ4n) is 4.09. The summed E-state index contributed by atoms with van der Waals surface area (Å²) in [6.45, 7) is 4.21. The Kier molecular flexibility index (Phi) is 4.00. The molecule has 4 nitrogen and oxygen atoms in total. The quantitative estimate of drug-likeness (QED) is 0.750. The molecular weight excluding hydrogens is 310 g/mol. The topological polar surface area (TPSA) is 50.1 Å². The molecule has 0 aliphatic carbocycles. The zero-order valence-corrected chi connectivity index (χ0v) is 15.0. The van der Waals surface area contributed by atoms with Crippen molar-refractivity contribution in [2.24, 2.45) is 7.05 Å². The van der Waals surface area contributed by atoms with E-state index in [9.17, 15) is 5.11 Å². The molecule has 0 fully saturated rings. The number of nitrogens with zero attached hydrogens (tertiary/aromatic N) is 2. The molecule has 25 heavy (non-hydrogen) atoms. The highest BCUT2D eigenvalue weighted by Crippen LogP contribution is 2.45. The van der Waals surface area contributed by atoms with Gasteiger partial charge in [-0.1, -0.05) is 49.7 Å². The predicted octanol–water partition coefficient (Wildman–Crippen LogP) is 4.29. The summed E-state index contributed by atoms with van der Waals surface area (Å²) in [6, 6.07) is 14.4. The van der Waals surface area contributed by atoms with Gasteiger partial charge in [-0.25, -0.2) is 4.98 Å². The van der Waals surface area contributed by atoms with Crippen molar-refractivity contribution in [3.63, 3.8) is 0 Å². The highest BCUT2D eigenvalue weighted by Gasteiger charge is 2.37. The molecular formula is C21H25N3O. The Morgan fingerprint density at radius 2 is 1.92 bits per heavy atom. The number of aryl methyl sites for hydroxylation is 2. The van der Waals surface area contributed by atoms with Crippen LogP contribution in [0.3, 0.4) is 0 Å². The first kappa shape index (κ1) is 16.2. The van der Waals surface area contributed by atoms with Crippen LogP contribution >= 0.6 is 0 Å². The molecule has 0 radical (unpaired) electrons. The van der Waals surface area contributed by atoms with Crippen LogP contribution in [-0.4, -0.2) is 20.8 Å². The van der Waals surface area contributed by atoms with Crippen LogP contribution in [0.25, 0.3) is 11.0 Å². The minimum Gasteiger partial charge on any atom is -0.390 e. The van der Waals surface area contributed by atoms with E-state index in [4.69, 9.17) is 4.98 Å². The summed E-state index contributed by atoms with van der Waals surface area (Å²) in [6.07, 6.45) is 1.57. The second-order valence-corrected chi connectivity index (χ2v) is 7.03. The van der Waals surface area contributed by atoms with Crippen LogP contribution in [0.5, 0.6) is 0 Å². The summed E-state index contributed by atoms with van der Waals surface area (Å²) < 4.78 is 2.12. The molecule has 1 aliphatic heterocycles. The van der Waals surface area contributed by atoms with Crippen molar-refractivity contribution >= 4 is 16.7 Å². The van der Waals surface area contributed by atoms with Gasteiger partial charge in [-0.05, 0) is 30.5 Å². The molecule has 3 aromatic rings. The molecule has 0 unspecified atom stereocenters.